The molecule has 0 N–H and O–H groups in total. The zero-order chi connectivity index (χ0) is 15.4. The Labute approximate surface area is 131 Å². The predicted molar refractivity (Wildman–Crippen MR) is 85.0 cm³/mol. The minimum absolute atomic E-state index is 0.227. The molecule has 0 unspecified atom stereocenters. The maximum atomic E-state index is 6.00. The number of hydrogen-bond acceptors (Lipinski definition) is 4. The number of hydrogen-bond donors (Lipinski definition) is 0. The number of likely N-dealkylation sites (N-methyl/N-ethyl adjacent to an activating group) is 1. The fourth-order valence-corrected chi connectivity index (χ4v) is 2.89. The Hall–Kier alpha value is -1.85. The Kier molecular flexibility index (Phi) is 4.75. The summed E-state index contributed by atoms with van der Waals surface area (Å²) < 4.78 is 13.3. The smallest absolute Gasteiger partial charge is 0.123 e. The van der Waals surface area contributed by atoms with Crippen LogP contribution in [-0.2, 0) is 24.2 Å². The lowest BCUT2D eigenvalue weighted by atomic mass is 10.1. The number of para-hydroxylation sites is 1. The van der Waals surface area contributed by atoms with E-state index >= 15 is 0 Å². The van der Waals surface area contributed by atoms with Crippen LogP contribution in [0.25, 0.3) is 0 Å². The molecule has 5 nitrogen and oxygen atoms in total. The summed E-state index contributed by atoms with van der Waals surface area (Å²) in [7, 11) is 3.83. The quantitative estimate of drug-likeness (QED) is 0.784. The van der Waals surface area contributed by atoms with Gasteiger partial charge < -0.3 is 14.0 Å². The number of benzene rings is 1. The van der Waals surface area contributed by atoms with Gasteiger partial charge in [0.2, 0.25) is 0 Å². The first-order valence-electron chi connectivity index (χ1n) is 7.68. The number of ether oxygens (including phenoxy) is 2. The molecule has 2 heterocycles. The van der Waals surface area contributed by atoms with E-state index in [9.17, 15) is 0 Å². The van der Waals surface area contributed by atoms with Crippen molar-refractivity contribution >= 4 is 0 Å². The highest BCUT2D eigenvalue weighted by Gasteiger charge is 2.23. The maximum Gasteiger partial charge on any atom is 0.123 e. The van der Waals surface area contributed by atoms with Crippen molar-refractivity contribution in [2.45, 2.75) is 25.6 Å². The van der Waals surface area contributed by atoms with Crippen LogP contribution in [0, 0.1) is 0 Å². The summed E-state index contributed by atoms with van der Waals surface area (Å²) in [6.45, 7) is 3.25. The van der Waals surface area contributed by atoms with Gasteiger partial charge in [0.15, 0.2) is 0 Å². The Morgan fingerprint density at radius 3 is 3.09 bits per heavy atom. The Morgan fingerprint density at radius 2 is 2.27 bits per heavy atom. The molecule has 0 spiro atoms. The molecule has 1 aromatic carbocycles. The van der Waals surface area contributed by atoms with Gasteiger partial charge in [-0.2, -0.15) is 0 Å². The molecule has 5 heteroatoms. The van der Waals surface area contributed by atoms with E-state index in [2.05, 4.69) is 33.6 Å². The zero-order valence-corrected chi connectivity index (χ0v) is 13.2. The van der Waals surface area contributed by atoms with Crippen LogP contribution < -0.4 is 4.74 Å². The van der Waals surface area contributed by atoms with Crippen LogP contribution in [0.4, 0.5) is 0 Å². The van der Waals surface area contributed by atoms with E-state index in [0.717, 1.165) is 37.6 Å². The highest BCUT2D eigenvalue weighted by molar-refractivity contribution is 5.37. The van der Waals surface area contributed by atoms with Crippen molar-refractivity contribution in [3.63, 3.8) is 0 Å². The lowest BCUT2D eigenvalue weighted by Crippen LogP contribution is -2.32. The number of fused-ring (bicyclic) bond motifs is 1. The molecule has 118 valence electrons. The minimum atomic E-state index is 0.227. The summed E-state index contributed by atoms with van der Waals surface area (Å²) in [5.74, 6) is 2.09. The first-order valence-corrected chi connectivity index (χ1v) is 7.68. The van der Waals surface area contributed by atoms with E-state index in [1.807, 2.05) is 24.5 Å². The van der Waals surface area contributed by atoms with Crippen LogP contribution in [0.15, 0.2) is 36.7 Å². The van der Waals surface area contributed by atoms with Gasteiger partial charge in [-0.25, -0.2) is 4.98 Å². The second-order valence-electron chi connectivity index (χ2n) is 5.78. The second kappa shape index (κ2) is 6.94. The standard InChI is InChI=1S/C17H23N3O2/c1-19(13-17-18-7-8-20(17)9-10-21-2)12-15-11-14-5-3-4-6-16(14)22-15/h3-8,15H,9-13H2,1-2H3/t15-/m1/s1. The average molecular weight is 301 g/mol. The first kappa shape index (κ1) is 15.1. The van der Waals surface area contributed by atoms with E-state index in [1.165, 1.54) is 5.56 Å². The fraction of sp³-hybridized carbons (Fsp3) is 0.471. The molecular weight excluding hydrogens is 278 g/mol. The molecule has 0 amide bonds. The molecule has 0 saturated heterocycles. The number of aromatic nitrogens is 2. The SMILES string of the molecule is COCCn1ccnc1CN(C)C[C@H]1Cc2ccccc2O1. The molecular formula is C17H23N3O2. The van der Waals surface area contributed by atoms with Gasteiger partial charge in [-0.15, -0.1) is 0 Å². The molecule has 22 heavy (non-hydrogen) atoms. The highest BCUT2D eigenvalue weighted by Crippen LogP contribution is 2.28. The third kappa shape index (κ3) is 3.48. The highest BCUT2D eigenvalue weighted by atomic mass is 16.5. The lowest BCUT2D eigenvalue weighted by Gasteiger charge is -2.21. The molecule has 1 atom stereocenters. The van der Waals surface area contributed by atoms with Crippen molar-refractivity contribution in [2.75, 3.05) is 27.3 Å². The van der Waals surface area contributed by atoms with Crippen LogP contribution in [0.2, 0.25) is 0 Å². The molecule has 1 aliphatic rings. The van der Waals surface area contributed by atoms with Gasteiger partial charge >= 0.3 is 0 Å². The number of imidazole rings is 1. The van der Waals surface area contributed by atoms with E-state index in [4.69, 9.17) is 9.47 Å². The van der Waals surface area contributed by atoms with Crippen LogP contribution in [-0.4, -0.2) is 47.9 Å². The van der Waals surface area contributed by atoms with E-state index < -0.39 is 0 Å². The second-order valence-corrected chi connectivity index (χ2v) is 5.78. The summed E-state index contributed by atoms with van der Waals surface area (Å²) >= 11 is 0. The van der Waals surface area contributed by atoms with Crippen molar-refractivity contribution in [1.82, 2.24) is 14.5 Å². The van der Waals surface area contributed by atoms with Gasteiger partial charge in [-0.05, 0) is 18.7 Å². The molecule has 2 aromatic rings. The van der Waals surface area contributed by atoms with Crippen LogP contribution >= 0.6 is 0 Å². The van der Waals surface area contributed by atoms with E-state index in [1.54, 1.807) is 7.11 Å². The molecule has 0 fully saturated rings. The molecule has 0 aliphatic carbocycles. The van der Waals surface area contributed by atoms with Gasteiger partial charge in [0.25, 0.3) is 0 Å². The topological polar surface area (TPSA) is 39.5 Å². The molecule has 1 aromatic heterocycles. The number of nitrogens with zero attached hydrogens (tertiary/aromatic N) is 3. The summed E-state index contributed by atoms with van der Waals surface area (Å²) in [5, 5.41) is 0. The number of methoxy groups -OCH3 is 1. The zero-order valence-electron chi connectivity index (χ0n) is 13.2. The molecule has 0 bridgehead atoms. The van der Waals surface area contributed by atoms with Crippen molar-refractivity contribution in [1.29, 1.82) is 0 Å². The van der Waals surface area contributed by atoms with Crippen molar-refractivity contribution < 1.29 is 9.47 Å². The maximum absolute atomic E-state index is 6.00. The Balaban J connectivity index is 1.53. The predicted octanol–water partition coefficient (Wildman–Crippen LogP) is 1.96. The normalized spacial score (nSPS) is 16.8. The fourth-order valence-electron chi connectivity index (χ4n) is 2.89. The van der Waals surface area contributed by atoms with Gasteiger partial charge in [-0.3, -0.25) is 4.90 Å². The molecule has 1 aliphatic heterocycles. The molecule has 0 saturated carbocycles. The third-order valence-electron chi connectivity index (χ3n) is 3.98. The van der Waals surface area contributed by atoms with E-state index in [-0.39, 0.29) is 6.10 Å². The summed E-state index contributed by atoms with van der Waals surface area (Å²) in [4.78, 5) is 6.71. The Morgan fingerprint density at radius 1 is 1.41 bits per heavy atom. The van der Waals surface area contributed by atoms with E-state index in [0.29, 0.717) is 6.61 Å². The van der Waals surface area contributed by atoms with Gasteiger partial charge in [0, 0.05) is 39.0 Å². The van der Waals surface area contributed by atoms with Gasteiger partial charge in [0.1, 0.15) is 17.7 Å². The summed E-state index contributed by atoms with van der Waals surface area (Å²) in [5.41, 5.74) is 1.31. The largest absolute Gasteiger partial charge is 0.488 e. The van der Waals surface area contributed by atoms with Gasteiger partial charge in [-0.1, -0.05) is 18.2 Å². The number of rotatable bonds is 7. The summed E-state index contributed by atoms with van der Waals surface area (Å²) in [6.07, 6.45) is 5.06. The monoisotopic (exact) mass is 301 g/mol. The van der Waals surface area contributed by atoms with Crippen molar-refractivity contribution in [2.24, 2.45) is 0 Å². The molecule has 0 radical (unpaired) electrons. The van der Waals surface area contributed by atoms with Crippen LogP contribution in [0.3, 0.4) is 0 Å². The molecule has 3 rings (SSSR count). The van der Waals surface area contributed by atoms with Gasteiger partial charge in [0.05, 0.1) is 13.2 Å². The van der Waals surface area contributed by atoms with Crippen LogP contribution in [0.5, 0.6) is 5.75 Å². The first-order chi connectivity index (χ1) is 10.8. The average Bonchev–Trinajstić information content (AvgIpc) is 3.10. The van der Waals surface area contributed by atoms with Crippen molar-refractivity contribution in [3.05, 3.63) is 48.0 Å². The minimum Gasteiger partial charge on any atom is -0.488 e. The Bertz CT molecular complexity index is 586. The lowest BCUT2D eigenvalue weighted by molar-refractivity contribution is 0.159. The van der Waals surface area contributed by atoms with Crippen molar-refractivity contribution in [3.8, 4) is 5.75 Å². The van der Waals surface area contributed by atoms with Crippen LogP contribution in [0.1, 0.15) is 11.4 Å². The third-order valence-corrected chi connectivity index (χ3v) is 3.98. The summed E-state index contributed by atoms with van der Waals surface area (Å²) in [6, 6.07) is 8.29.